The van der Waals surface area contributed by atoms with Crippen LogP contribution in [0.4, 0.5) is 0 Å². The van der Waals surface area contributed by atoms with Crippen molar-refractivity contribution in [1.29, 1.82) is 0 Å². The summed E-state index contributed by atoms with van der Waals surface area (Å²) in [6, 6.07) is 0.105. The molecule has 0 fully saturated rings. The first-order valence-corrected chi connectivity index (χ1v) is 5.18. The Hall–Kier alpha value is -0.610. The number of ether oxygens (including phenoxy) is 1. The smallest absolute Gasteiger partial charge is 0.224 e. The maximum Gasteiger partial charge on any atom is 0.224 e. The van der Waals surface area contributed by atoms with Crippen molar-refractivity contribution in [3.63, 3.8) is 0 Å². The highest BCUT2D eigenvalue weighted by Gasteiger charge is 2.17. The Morgan fingerprint density at radius 3 is 2.43 bits per heavy atom. The van der Waals surface area contributed by atoms with Gasteiger partial charge in [-0.25, -0.2) is 0 Å². The fourth-order valence-corrected chi connectivity index (χ4v) is 1.24. The number of amides is 1. The maximum absolute atomic E-state index is 11.6. The van der Waals surface area contributed by atoms with E-state index in [4.69, 9.17) is 10.5 Å². The second-order valence-corrected chi connectivity index (χ2v) is 3.41. The van der Waals surface area contributed by atoms with Gasteiger partial charge in [0.25, 0.3) is 0 Å². The van der Waals surface area contributed by atoms with Gasteiger partial charge in [0.05, 0.1) is 12.6 Å². The molecule has 0 saturated heterocycles. The van der Waals surface area contributed by atoms with E-state index in [0.717, 1.165) is 12.8 Å². The zero-order valence-electron chi connectivity index (χ0n) is 9.38. The van der Waals surface area contributed by atoms with Gasteiger partial charge in [0.2, 0.25) is 5.91 Å². The van der Waals surface area contributed by atoms with Gasteiger partial charge in [-0.3, -0.25) is 4.79 Å². The van der Waals surface area contributed by atoms with Crippen molar-refractivity contribution in [2.24, 2.45) is 11.7 Å². The number of hydrogen-bond acceptors (Lipinski definition) is 3. The van der Waals surface area contributed by atoms with E-state index < -0.39 is 0 Å². The third-order valence-electron chi connectivity index (χ3n) is 2.36. The van der Waals surface area contributed by atoms with Crippen LogP contribution in [0.3, 0.4) is 0 Å². The Bertz CT molecular complexity index is 158. The predicted octanol–water partition coefficient (Wildman–Crippen LogP) is 0.513. The summed E-state index contributed by atoms with van der Waals surface area (Å²) < 4.78 is 5.00. The van der Waals surface area contributed by atoms with Crippen LogP contribution < -0.4 is 11.1 Å². The summed E-state index contributed by atoms with van der Waals surface area (Å²) in [4.78, 5) is 11.6. The van der Waals surface area contributed by atoms with Crippen LogP contribution in [0.2, 0.25) is 0 Å². The summed E-state index contributed by atoms with van der Waals surface area (Å²) in [5.74, 6) is -0.0280. The molecule has 0 spiro atoms. The molecule has 84 valence electrons. The van der Waals surface area contributed by atoms with Crippen LogP contribution in [0, 0.1) is 5.92 Å². The molecule has 2 unspecified atom stereocenters. The maximum atomic E-state index is 11.6. The molecule has 0 aliphatic heterocycles. The van der Waals surface area contributed by atoms with E-state index in [0.29, 0.717) is 13.2 Å². The van der Waals surface area contributed by atoms with Crippen LogP contribution >= 0.6 is 0 Å². The molecule has 2 atom stereocenters. The van der Waals surface area contributed by atoms with E-state index in [-0.39, 0.29) is 17.9 Å². The molecule has 1 amide bonds. The second-order valence-electron chi connectivity index (χ2n) is 3.41. The van der Waals surface area contributed by atoms with E-state index in [1.54, 1.807) is 7.11 Å². The molecule has 0 bridgehead atoms. The molecule has 0 heterocycles. The van der Waals surface area contributed by atoms with Crippen LogP contribution in [0.1, 0.15) is 26.7 Å². The zero-order chi connectivity index (χ0) is 11.0. The third kappa shape index (κ3) is 4.58. The van der Waals surface area contributed by atoms with Crippen LogP contribution in [-0.2, 0) is 9.53 Å². The monoisotopic (exact) mass is 202 g/mol. The number of nitrogens with one attached hydrogen (secondary N) is 1. The number of hydrogen-bond donors (Lipinski definition) is 2. The Morgan fingerprint density at radius 1 is 1.43 bits per heavy atom. The van der Waals surface area contributed by atoms with Crippen LogP contribution in [0.5, 0.6) is 0 Å². The Kier molecular flexibility index (Phi) is 7.42. The first-order chi connectivity index (χ1) is 6.69. The van der Waals surface area contributed by atoms with Crippen LogP contribution in [0.15, 0.2) is 0 Å². The van der Waals surface area contributed by atoms with Crippen LogP contribution in [-0.4, -0.2) is 32.2 Å². The summed E-state index contributed by atoms with van der Waals surface area (Å²) >= 11 is 0. The zero-order valence-corrected chi connectivity index (χ0v) is 9.38. The van der Waals surface area contributed by atoms with Gasteiger partial charge in [0.1, 0.15) is 0 Å². The molecule has 0 rings (SSSR count). The fourth-order valence-electron chi connectivity index (χ4n) is 1.24. The largest absolute Gasteiger partial charge is 0.383 e. The predicted molar refractivity (Wildman–Crippen MR) is 56.9 cm³/mol. The highest BCUT2D eigenvalue weighted by Crippen LogP contribution is 2.01. The number of nitrogens with two attached hydrogens (primary N) is 1. The molecule has 0 radical (unpaired) electrons. The van der Waals surface area contributed by atoms with Crippen molar-refractivity contribution >= 4 is 5.91 Å². The second kappa shape index (κ2) is 7.76. The van der Waals surface area contributed by atoms with Gasteiger partial charge in [0, 0.05) is 19.6 Å². The highest BCUT2D eigenvalue weighted by atomic mass is 16.5. The van der Waals surface area contributed by atoms with E-state index in [2.05, 4.69) is 5.32 Å². The fraction of sp³-hybridized carbons (Fsp3) is 0.900. The lowest BCUT2D eigenvalue weighted by molar-refractivity contribution is -0.125. The van der Waals surface area contributed by atoms with Gasteiger partial charge in [-0.2, -0.15) is 0 Å². The standard InChI is InChI=1S/C10H22N2O2/c1-4-8(6-11)10(13)12-9(5-2)7-14-3/h8-9H,4-7,11H2,1-3H3,(H,12,13). The molecular formula is C10H22N2O2. The molecule has 4 heteroatoms. The van der Waals surface area contributed by atoms with E-state index in [9.17, 15) is 4.79 Å². The van der Waals surface area contributed by atoms with E-state index in [1.165, 1.54) is 0 Å². The quantitative estimate of drug-likeness (QED) is 0.632. The van der Waals surface area contributed by atoms with Crippen molar-refractivity contribution in [2.75, 3.05) is 20.3 Å². The van der Waals surface area contributed by atoms with Gasteiger partial charge in [-0.15, -0.1) is 0 Å². The molecule has 0 aromatic carbocycles. The minimum atomic E-state index is -0.0686. The summed E-state index contributed by atoms with van der Waals surface area (Å²) in [6.07, 6.45) is 1.66. The molecule has 3 N–H and O–H groups in total. The van der Waals surface area contributed by atoms with E-state index in [1.807, 2.05) is 13.8 Å². The molecule has 4 nitrogen and oxygen atoms in total. The van der Waals surface area contributed by atoms with Gasteiger partial charge in [-0.1, -0.05) is 13.8 Å². The number of carbonyl (C=O) groups is 1. The van der Waals surface area contributed by atoms with Gasteiger partial charge in [0.15, 0.2) is 0 Å². The summed E-state index contributed by atoms with van der Waals surface area (Å²) in [7, 11) is 1.63. The summed E-state index contributed by atoms with van der Waals surface area (Å²) in [5.41, 5.74) is 5.48. The van der Waals surface area contributed by atoms with Crippen molar-refractivity contribution in [1.82, 2.24) is 5.32 Å². The lowest BCUT2D eigenvalue weighted by atomic mass is 10.1. The van der Waals surface area contributed by atoms with Crippen molar-refractivity contribution in [2.45, 2.75) is 32.7 Å². The summed E-state index contributed by atoms with van der Waals surface area (Å²) in [6.45, 7) is 4.96. The van der Waals surface area contributed by atoms with Crippen LogP contribution in [0.25, 0.3) is 0 Å². The molecule has 0 aromatic heterocycles. The van der Waals surface area contributed by atoms with Gasteiger partial charge >= 0.3 is 0 Å². The number of carbonyl (C=O) groups excluding carboxylic acids is 1. The molecular weight excluding hydrogens is 180 g/mol. The highest BCUT2D eigenvalue weighted by molar-refractivity contribution is 5.79. The average molecular weight is 202 g/mol. The van der Waals surface area contributed by atoms with E-state index >= 15 is 0 Å². The molecule has 14 heavy (non-hydrogen) atoms. The first-order valence-electron chi connectivity index (χ1n) is 5.18. The van der Waals surface area contributed by atoms with Crippen molar-refractivity contribution < 1.29 is 9.53 Å². The first kappa shape index (κ1) is 13.4. The molecule has 0 aliphatic carbocycles. The normalized spacial score (nSPS) is 14.9. The molecule has 0 aromatic rings. The Morgan fingerprint density at radius 2 is 2.07 bits per heavy atom. The average Bonchev–Trinajstić information content (AvgIpc) is 2.19. The molecule has 0 aliphatic rings. The topological polar surface area (TPSA) is 64.3 Å². The minimum Gasteiger partial charge on any atom is -0.383 e. The van der Waals surface area contributed by atoms with Crippen molar-refractivity contribution in [3.05, 3.63) is 0 Å². The third-order valence-corrected chi connectivity index (χ3v) is 2.36. The Balaban J connectivity index is 3.99. The number of rotatable bonds is 7. The summed E-state index contributed by atoms with van der Waals surface area (Å²) in [5, 5.41) is 2.93. The van der Waals surface area contributed by atoms with Crippen molar-refractivity contribution in [3.8, 4) is 0 Å². The lowest BCUT2D eigenvalue weighted by Crippen LogP contribution is -2.42. The van der Waals surface area contributed by atoms with Gasteiger partial charge in [-0.05, 0) is 12.8 Å². The number of methoxy groups -OCH3 is 1. The Labute approximate surface area is 86.2 Å². The molecule has 0 saturated carbocycles. The lowest BCUT2D eigenvalue weighted by Gasteiger charge is -2.19. The SMILES string of the molecule is CCC(COC)NC(=O)C(CC)CN. The minimum absolute atomic E-state index is 0.0406. The van der Waals surface area contributed by atoms with Gasteiger partial charge < -0.3 is 15.8 Å².